The van der Waals surface area contributed by atoms with Gasteiger partial charge in [-0.3, -0.25) is 0 Å². The van der Waals surface area contributed by atoms with Crippen molar-refractivity contribution in [3.05, 3.63) is 53.8 Å². The van der Waals surface area contributed by atoms with Gasteiger partial charge in [-0.15, -0.1) is 0 Å². The Labute approximate surface area is 183 Å². The number of allylic oxidation sites excluding steroid dienone is 2. The molecular weight excluding hydrogens is 413 g/mol. The first kappa shape index (κ1) is 24.3. The zero-order valence-corrected chi connectivity index (χ0v) is 21.9. The molecule has 0 radical (unpaired) electrons. The van der Waals surface area contributed by atoms with E-state index < -0.39 is 13.3 Å². The van der Waals surface area contributed by atoms with Crippen molar-refractivity contribution in [1.82, 2.24) is 0 Å². The van der Waals surface area contributed by atoms with E-state index in [1.807, 2.05) is 0 Å². The molecule has 1 nitrogen and oxygen atoms in total. The summed E-state index contributed by atoms with van der Waals surface area (Å²) in [7, 11) is 0. The summed E-state index contributed by atoms with van der Waals surface area (Å²) in [6.07, 6.45) is 11.1. The van der Waals surface area contributed by atoms with Gasteiger partial charge in [0.15, 0.2) is 0 Å². The molecule has 29 heavy (non-hydrogen) atoms. The second kappa shape index (κ2) is 12.0. The van der Waals surface area contributed by atoms with E-state index in [2.05, 4.69) is 90.1 Å². The van der Waals surface area contributed by atoms with E-state index in [-0.39, 0.29) is 0 Å². The third-order valence-corrected chi connectivity index (χ3v) is 19.2. The molecule has 0 bridgehead atoms. The van der Waals surface area contributed by atoms with E-state index >= 15 is 0 Å². The van der Waals surface area contributed by atoms with E-state index in [9.17, 15) is 0 Å². The van der Waals surface area contributed by atoms with Crippen LogP contribution in [-0.4, -0.2) is 19.4 Å². The molecule has 0 aromatic heterocycles. The van der Waals surface area contributed by atoms with Crippen LogP contribution in [0.2, 0.25) is 21.0 Å². The van der Waals surface area contributed by atoms with Crippen LogP contribution in [0.3, 0.4) is 0 Å². The van der Waals surface area contributed by atoms with Crippen LogP contribution in [0.5, 0.6) is 0 Å². The third-order valence-electron chi connectivity index (χ3n) is 7.47. The number of benzene rings is 1. The molecular formula is C27H44GeO. The van der Waals surface area contributed by atoms with Crippen LogP contribution in [0.25, 0.3) is 6.08 Å². The Bertz CT molecular complexity index is 633. The van der Waals surface area contributed by atoms with Gasteiger partial charge in [0.1, 0.15) is 0 Å². The molecule has 0 amide bonds. The number of rotatable bonds is 10. The van der Waals surface area contributed by atoms with Crippen LogP contribution < -0.4 is 0 Å². The van der Waals surface area contributed by atoms with Crippen molar-refractivity contribution in [1.29, 1.82) is 0 Å². The topological polar surface area (TPSA) is 9.23 Å². The van der Waals surface area contributed by atoms with E-state index in [1.165, 1.54) is 45.8 Å². The van der Waals surface area contributed by atoms with Gasteiger partial charge >= 0.3 is 184 Å². The predicted molar refractivity (Wildman–Crippen MR) is 132 cm³/mol. The zero-order chi connectivity index (χ0) is 21.3. The minimum atomic E-state index is -1.75. The average Bonchev–Trinajstić information content (AvgIpc) is 2.73. The SMILES string of the molecule is C[CH2][Ge]([CH2]C)([CH2]C)[CH2]/C=C(\C=C\c1ccccc1)O[C@H]1C[C@@H](C)CC[C@@H]1C(C)C. The number of hydrogen-bond acceptors (Lipinski definition) is 1. The van der Waals surface area contributed by atoms with Gasteiger partial charge in [0, 0.05) is 0 Å². The van der Waals surface area contributed by atoms with Crippen LogP contribution >= 0.6 is 0 Å². The van der Waals surface area contributed by atoms with Gasteiger partial charge in [-0.1, -0.05) is 0 Å². The first-order chi connectivity index (χ1) is 13.9. The molecule has 3 atom stereocenters. The van der Waals surface area contributed by atoms with E-state index in [4.69, 9.17) is 4.74 Å². The first-order valence-electron chi connectivity index (χ1n) is 12.0. The molecule has 1 saturated carbocycles. The van der Waals surface area contributed by atoms with Gasteiger partial charge in [-0.05, 0) is 0 Å². The summed E-state index contributed by atoms with van der Waals surface area (Å²) >= 11 is -1.75. The predicted octanol–water partition coefficient (Wildman–Crippen LogP) is 8.57. The summed E-state index contributed by atoms with van der Waals surface area (Å²) in [6, 6.07) is 10.6. The molecule has 162 valence electrons. The third kappa shape index (κ3) is 7.35. The van der Waals surface area contributed by atoms with Gasteiger partial charge in [0.25, 0.3) is 0 Å². The molecule has 0 unspecified atom stereocenters. The van der Waals surface area contributed by atoms with Crippen molar-refractivity contribution in [2.24, 2.45) is 17.8 Å². The van der Waals surface area contributed by atoms with Crippen molar-refractivity contribution >= 4 is 19.3 Å². The minimum absolute atomic E-state index is 0.359. The van der Waals surface area contributed by atoms with Crippen LogP contribution in [0, 0.1) is 17.8 Å². The standard InChI is InChI=1S/C27H44GeO/c1-7-28(8-2,9-3)20-19-25(17-16-24-13-11-10-12-14-24)29-27-21-23(6)15-18-26(27)22(4)5/h10-14,16-17,19,22-23,26-27H,7-9,15,18,20-21H2,1-6H3/b17-16+,25-19+/t23-,26+,27-/m0/s1. The van der Waals surface area contributed by atoms with Crippen LogP contribution in [0.1, 0.15) is 66.4 Å². The van der Waals surface area contributed by atoms with Crippen LogP contribution in [0.15, 0.2) is 48.2 Å². The fraction of sp³-hybridized carbons (Fsp3) is 0.630. The molecule has 0 spiro atoms. The maximum atomic E-state index is 6.79. The molecule has 1 aromatic carbocycles. The molecule has 0 N–H and O–H groups in total. The summed E-state index contributed by atoms with van der Waals surface area (Å²) in [5.74, 6) is 3.25. The molecule has 2 rings (SSSR count). The second-order valence-electron chi connectivity index (χ2n) is 9.60. The van der Waals surface area contributed by atoms with E-state index in [0.717, 1.165) is 11.7 Å². The normalized spacial score (nSPS) is 23.7. The Morgan fingerprint density at radius 2 is 1.72 bits per heavy atom. The van der Waals surface area contributed by atoms with Gasteiger partial charge in [-0.25, -0.2) is 0 Å². The fourth-order valence-electron chi connectivity index (χ4n) is 4.82. The second-order valence-corrected chi connectivity index (χ2v) is 21.2. The Balaban J connectivity index is 2.25. The van der Waals surface area contributed by atoms with Crippen LogP contribution in [0.4, 0.5) is 0 Å². The maximum absolute atomic E-state index is 6.79. The molecule has 0 heterocycles. The van der Waals surface area contributed by atoms with Crippen molar-refractivity contribution in [2.45, 2.75) is 87.9 Å². The van der Waals surface area contributed by atoms with Crippen molar-refractivity contribution in [3.63, 3.8) is 0 Å². The van der Waals surface area contributed by atoms with E-state index in [1.54, 1.807) is 0 Å². The van der Waals surface area contributed by atoms with E-state index in [0.29, 0.717) is 17.9 Å². The summed E-state index contributed by atoms with van der Waals surface area (Å²) in [6.45, 7) is 14.4. The summed E-state index contributed by atoms with van der Waals surface area (Å²) < 4.78 is 6.79. The van der Waals surface area contributed by atoms with Gasteiger partial charge in [0.2, 0.25) is 0 Å². The monoisotopic (exact) mass is 458 g/mol. The number of ether oxygens (including phenoxy) is 1. The quantitative estimate of drug-likeness (QED) is 0.194. The van der Waals surface area contributed by atoms with Gasteiger partial charge in [-0.2, -0.15) is 0 Å². The summed E-state index contributed by atoms with van der Waals surface area (Å²) in [4.78, 5) is 0. The van der Waals surface area contributed by atoms with Gasteiger partial charge < -0.3 is 0 Å². The molecule has 1 aliphatic rings. The number of hydrogen-bond donors (Lipinski definition) is 0. The molecule has 1 aliphatic carbocycles. The van der Waals surface area contributed by atoms with Crippen molar-refractivity contribution in [3.8, 4) is 0 Å². The molecule has 1 aromatic rings. The fourth-order valence-corrected chi connectivity index (χ4v) is 11.1. The Morgan fingerprint density at radius 1 is 1.07 bits per heavy atom. The first-order valence-corrected chi connectivity index (χ1v) is 18.0. The molecule has 2 heteroatoms. The molecule has 1 fully saturated rings. The summed E-state index contributed by atoms with van der Waals surface area (Å²) in [5.41, 5.74) is 1.24. The van der Waals surface area contributed by atoms with Gasteiger partial charge in [0.05, 0.1) is 0 Å². The Hall–Kier alpha value is -0.957. The summed E-state index contributed by atoms with van der Waals surface area (Å²) in [5, 5.41) is 5.52. The van der Waals surface area contributed by atoms with Crippen molar-refractivity contribution in [2.75, 3.05) is 0 Å². The average molecular weight is 457 g/mol. The molecule has 0 aliphatic heterocycles. The zero-order valence-electron chi connectivity index (χ0n) is 19.8. The van der Waals surface area contributed by atoms with Crippen molar-refractivity contribution < 1.29 is 4.74 Å². The Kier molecular flexibility index (Phi) is 10.1. The Morgan fingerprint density at radius 3 is 2.31 bits per heavy atom. The van der Waals surface area contributed by atoms with Crippen LogP contribution in [-0.2, 0) is 4.74 Å². The molecule has 0 saturated heterocycles.